The van der Waals surface area contributed by atoms with Crippen LogP contribution < -0.4 is 19.6 Å². The molecule has 8 heteroatoms. The number of para-hydroxylation sites is 1. The third kappa shape index (κ3) is 6.20. The Morgan fingerprint density at radius 1 is 0.871 bits per heavy atom. The number of ether oxygens (including phenoxy) is 3. The second kappa shape index (κ2) is 11.1. The van der Waals surface area contributed by atoms with Crippen LogP contribution in [0.2, 0.25) is 15.1 Å². The summed E-state index contributed by atoms with van der Waals surface area (Å²) in [6.07, 6.45) is 1.66. The van der Waals surface area contributed by atoms with E-state index < -0.39 is 0 Å². The van der Waals surface area contributed by atoms with Crippen LogP contribution in [0.3, 0.4) is 0 Å². The van der Waals surface area contributed by atoms with E-state index in [9.17, 15) is 0 Å². The molecule has 3 aromatic rings. The Balaban J connectivity index is 1.67. The van der Waals surface area contributed by atoms with Gasteiger partial charge in [0.1, 0.15) is 12.4 Å². The topological polar surface area (TPSA) is 52.1 Å². The van der Waals surface area contributed by atoms with Gasteiger partial charge < -0.3 is 19.6 Å². The number of methoxy groups -OCH3 is 2. The summed E-state index contributed by atoms with van der Waals surface area (Å²) < 4.78 is 16.7. The van der Waals surface area contributed by atoms with Crippen molar-refractivity contribution in [1.82, 2.24) is 5.43 Å². The number of hydrogen-bond acceptors (Lipinski definition) is 5. The number of halogens is 3. The van der Waals surface area contributed by atoms with Crippen LogP contribution in [-0.2, 0) is 13.2 Å². The van der Waals surface area contributed by atoms with Gasteiger partial charge in [0.2, 0.25) is 0 Å². The van der Waals surface area contributed by atoms with E-state index >= 15 is 0 Å². The van der Waals surface area contributed by atoms with E-state index in [1.807, 2.05) is 24.3 Å². The fourth-order valence-corrected chi connectivity index (χ4v) is 3.58. The molecule has 0 saturated heterocycles. The van der Waals surface area contributed by atoms with Crippen molar-refractivity contribution in [3.05, 3.63) is 86.4 Å². The maximum Gasteiger partial charge on any atom is 0.180 e. The van der Waals surface area contributed by atoms with Gasteiger partial charge in [-0.2, -0.15) is 5.10 Å². The smallest absolute Gasteiger partial charge is 0.180 e. The summed E-state index contributed by atoms with van der Waals surface area (Å²) in [7, 11) is 3.19. The van der Waals surface area contributed by atoms with E-state index in [1.54, 1.807) is 50.8 Å². The van der Waals surface area contributed by atoms with Gasteiger partial charge in [-0.25, -0.2) is 0 Å². The number of benzene rings is 3. The Kier molecular flexibility index (Phi) is 8.29. The molecule has 0 aliphatic heterocycles. The summed E-state index contributed by atoms with van der Waals surface area (Å²) in [4.78, 5) is 0. The zero-order chi connectivity index (χ0) is 22.2. The van der Waals surface area contributed by atoms with Gasteiger partial charge in [0.15, 0.2) is 11.5 Å². The molecular formula is C23H21Cl3N2O3. The Morgan fingerprint density at radius 2 is 1.65 bits per heavy atom. The molecule has 5 nitrogen and oxygen atoms in total. The van der Waals surface area contributed by atoms with Crippen LogP contribution in [0.15, 0.2) is 59.7 Å². The first kappa shape index (κ1) is 23.1. The summed E-state index contributed by atoms with van der Waals surface area (Å²) in [6.45, 7) is 0.744. The van der Waals surface area contributed by atoms with Gasteiger partial charge in [-0.15, -0.1) is 0 Å². The third-order valence-corrected chi connectivity index (χ3v) is 5.27. The Morgan fingerprint density at radius 3 is 2.39 bits per heavy atom. The average molecular weight is 480 g/mol. The summed E-state index contributed by atoms with van der Waals surface area (Å²) >= 11 is 18.6. The van der Waals surface area contributed by atoms with Crippen molar-refractivity contribution in [1.29, 1.82) is 0 Å². The normalized spacial score (nSPS) is 10.9. The monoisotopic (exact) mass is 478 g/mol. The van der Waals surface area contributed by atoms with Crippen LogP contribution in [0, 0.1) is 0 Å². The highest BCUT2D eigenvalue weighted by atomic mass is 35.5. The quantitative estimate of drug-likeness (QED) is 0.286. The molecule has 0 heterocycles. The van der Waals surface area contributed by atoms with E-state index in [0.717, 1.165) is 22.4 Å². The SMILES string of the molecule is COc1ccccc1CN/N=C\c1cc(Cl)c(OCc2ccc(Cl)cc2Cl)c(OC)c1. The van der Waals surface area contributed by atoms with Gasteiger partial charge in [0.25, 0.3) is 0 Å². The van der Waals surface area contributed by atoms with E-state index in [1.165, 1.54) is 0 Å². The van der Waals surface area contributed by atoms with Crippen molar-refractivity contribution in [3.63, 3.8) is 0 Å². The second-order valence-electron chi connectivity index (χ2n) is 6.46. The minimum atomic E-state index is 0.222. The number of nitrogens with zero attached hydrogens (tertiary/aromatic N) is 1. The lowest BCUT2D eigenvalue weighted by Gasteiger charge is -2.14. The molecule has 0 amide bonds. The predicted octanol–water partition coefficient (Wildman–Crippen LogP) is 6.37. The van der Waals surface area contributed by atoms with Crippen molar-refractivity contribution in [2.45, 2.75) is 13.2 Å². The number of rotatable bonds is 9. The van der Waals surface area contributed by atoms with Crippen molar-refractivity contribution >= 4 is 41.0 Å². The Bertz CT molecular complexity index is 1070. The van der Waals surface area contributed by atoms with Crippen molar-refractivity contribution < 1.29 is 14.2 Å². The van der Waals surface area contributed by atoms with Crippen molar-refractivity contribution in [2.75, 3.05) is 14.2 Å². The van der Waals surface area contributed by atoms with Crippen LogP contribution in [0.25, 0.3) is 0 Å². The van der Waals surface area contributed by atoms with Crippen LogP contribution in [0.1, 0.15) is 16.7 Å². The molecule has 0 aliphatic rings. The molecule has 3 rings (SSSR count). The average Bonchev–Trinajstić information content (AvgIpc) is 2.77. The molecular weight excluding hydrogens is 459 g/mol. The van der Waals surface area contributed by atoms with Gasteiger partial charge in [-0.05, 0) is 35.9 Å². The molecule has 0 saturated carbocycles. The third-order valence-electron chi connectivity index (χ3n) is 4.41. The lowest BCUT2D eigenvalue weighted by atomic mass is 10.2. The Hall–Kier alpha value is -2.60. The largest absolute Gasteiger partial charge is 0.496 e. The van der Waals surface area contributed by atoms with E-state index in [4.69, 9.17) is 49.0 Å². The maximum absolute atomic E-state index is 6.44. The predicted molar refractivity (Wildman–Crippen MR) is 126 cm³/mol. The van der Waals surface area contributed by atoms with Crippen LogP contribution >= 0.6 is 34.8 Å². The molecule has 0 unspecified atom stereocenters. The molecule has 0 spiro atoms. The van der Waals surface area contributed by atoms with Crippen LogP contribution in [0.4, 0.5) is 0 Å². The highest BCUT2D eigenvalue weighted by Gasteiger charge is 2.13. The van der Waals surface area contributed by atoms with Crippen LogP contribution in [0.5, 0.6) is 17.2 Å². The molecule has 0 radical (unpaired) electrons. The highest BCUT2D eigenvalue weighted by Crippen LogP contribution is 2.37. The van der Waals surface area contributed by atoms with Crippen molar-refractivity contribution in [3.8, 4) is 17.2 Å². The molecule has 162 valence electrons. The standard InChI is InChI=1S/C23H21Cl3N2O3/c1-29-21-6-4-3-5-16(21)13-28-27-12-15-9-20(26)23(22(10-15)30-2)31-14-17-7-8-18(24)11-19(17)25/h3-12,28H,13-14H2,1-2H3/b27-12-. The molecule has 1 N–H and O–H groups in total. The lowest BCUT2D eigenvalue weighted by Crippen LogP contribution is -2.07. The number of hydrogen-bond donors (Lipinski definition) is 1. The van der Waals surface area contributed by atoms with Gasteiger partial charge >= 0.3 is 0 Å². The summed E-state index contributed by atoms with van der Waals surface area (Å²) in [6, 6.07) is 16.5. The molecule has 3 aromatic carbocycles. The number of nitrogens with one attached hydrogen (secondary N) is 1. The second-order valence-corrected chi connectivity index (χ2v) is 7.71. The van der Waals surface area contributed by atoms with Gasteiger partial charge in [0.05, 0.1) is 32.0 Å². The lowest BCUT2D eigenvalue weighted by molar-refractivity contribution is 0.285. The van der Waals surface area contributed by atoms with Crippen molar-refractivity contribution in [2.24, 2.45) is 5.10 Å². The zero-order valence-electron chi connectivity index (χ0n) is 17.0. The molecule has 0 aromatic heterocycles. The highest BCUT2D eigenvalue weighted by molar-refractivity contribution is 6.35. The molecule has 0 atom stereocenters. The zero-order valence-corrected chi connectivity index (χ0v) is 19.3. The first-order valence-corrected chi connectivity index (χ1v) is 10.5. The fourth-order valence-electron chi connectivity index (χ4n) is 2.84. The number of hydrazone groups is 1. The van der Waals surface area contributed by atoms with E-state index in [0.29, 0.717) is 33.1 Å². The minimum absolute atomic E-state index is 0.222. The first-order valence-electron chi connectivity index (χ1n) is 9.34. The van der Waals surface area contributed by atoms with Gasteiger partial charge in [0, 0.05) is 21.2 Å². The fraction of sp³-hybridized carbons (Fsp3) is 0.174. The summed E-state index contributed by atoms with van der Waals surface area (Å²) in [5, 5.41) is 5.74. The molecule has 0 bridgehead atoms. The maximum atomic E-state index is 6.44. The van der Waals surface area contributed by atoms with E-state index in [-0.39, 0.29) is 6.61 Å². The first-order chi connectivity index (χ1) is 15.0. The van der Waals surface area contributed by atoms with Crippen LogP contribution in [-0.4, -0.2) is 20.4 Å². The summed E-state index contributed by atoms with van der Waals surface area (Å²) in [5.74, 6) is 1.72. The molecule has 31 heavy (non-hydrogen) atoms. The Labute approximate surface area is 196 Å². The molecule has 0 fully saturated rings. The minimum Gasteiger partial charge on any atom is -0.496 e. The van der Waals surface area contributed by atoms with E-state index in [2.05, 4.69) is 10.5 Å². The summed E-state index contributed by atoms with van der Waals surface area (Å²) in [5.41, 5.74) is 5.55. The van der Waals surface area contributed by atoms with Gasteiger partial charge in [-0.3, -0.25) is 0 Å². The molecule has 0 aliphatic carbocycles. The van der Waals surface area contributed by atoms with Gasteiger partial charge in [-0.1, -0.05) is 59.1 Å².